The first-order valence-corrected chi connectivity index (χ1v) is 7.42. The molecule has 0 aromatic heterocycles. The van der Waals surface area contributed by atoms with E-state index >= 15 is 0 Å². The summed E-state index contributed by atoms with van der Waals surface area (Å²) < 4.78 is 5.51. The van der Waals surface area contributed by atoms with Gasteiger partial charge in [0.15, 0.2) is 0 Å². The molecular formula is C16H27N3O. The van der Waals surface area contributed by atoms with Gasteiger partial charge in [0.05, 0.1) is 7.11 Å². The lowest BCUT2D eigenvalue weighted by Gasteiger charge is -2.33. The van der Waals surface area contributed by atoms with Gasteiger partial charge in [-0.2, -0.15) is 0 Å². The highest BCUT2D eigenvalue weighted by atomic mass is 16.5. The van der Waals surface area contributed by atoms with Gasteiger partial charge in [0.2, 0.25) is 0 Å². The number of ether oxygens (including phenoxy) is 1. The quantitative estimate of drug-likeness (QED) is 0.920. The summed E-state index contributed by atoms with van der Waals surface area (Å²) in [7, 11) is 3.91. The maximum Gasteiger partial charge on any atom is 0.125 e. The third kappa shape index (κ3) is 3.07. The second kappa shape index (κ2) is 6.46. The highest BCUT2D eigenvalue weighted by molar-refractivity contribution is 5.61. The zero-order valence-corrected chi connectivity index (χ0v) is 13.1. The highest BCUT2D eigenvalue weighted by Gasteiger charge is 2.24. The number of likely N-dealkylation sites (N-methyl/N-ethyl adjacent to an activating group) is 1. The standard InChI is InChI=1S/C16H27N3O/c1-12-11-18(3)9-6-10-19(12)14-7-5-8-15(20-4)16(14)13(2)17/h5,7-8,12-13H,6,9-11,17H2,1-4H3/t12?,13-/m0/s1. The van der Waals surface area contributed by atoms with Crippen LogP contribution < -0.4 is 15.4 Å². The van der Waals surface area contributed by atoms with Gasteiger partial charge >= 0.3 is 0 Å². The minimum absolute atomic E-state index is 0.0330. The van der Waals surface area contributed by atoms with Crippen LogP contribution in [0.5, 0.6) is 5.75 Å². The number of hydrogen-bond donors (Lipinski definition) is 1. The Kier molecular flexibility index (Phi) is 4.89. The normalized spacial score (nSPS) is 22.4. The molecule has 1 aromatic rings. The van der Waals surface area contributed by atoms with E-state index in [-0.39, 0.29) is 6.04 Å². The Balaban J connectivity index is 2.40. The summed E-state index contributed by atoms with van der Waals surface area (Å²) in [6, 6.07) is 6.67. The fourth-order valence-electron chi connectivity index (χ4n) is 3.15. The van der Waals surface area contributed by atoms with Crippen LogP contribution >= 0.6 is 0 Å². The summed E-state index contributed by atoms with van der Waals surface area (Å²) in [5.41, 5.74) is 8.53. The van der Waals surface area contributed by atoms with Crippen molar-refractivity contribution in [2.75, 3.05) is 38.7 Å². The molecule has 2 N–H and O–H groups in total. The van der Waals surface area contributed by atoms with Crippen molar-refractivity contribution in [3.63, 3.8) is 0 Å². The monoisotopic (exact) mass is 277 g/mol. The molecule has 1 fully saturated rings. The van der Waals surface area contributed by atoms with Crippen molar-refractivity contribution in [2.45, 2.75) is 32.4 Å². The van der Waals surface area contributed by atoms with Gasteiger partial charge < -0.3 is 20.3 Å². The van der Waals surface area contributed by atoms with Crippen molar-refractivity contribution >= 4 is 5.69 Å². The maximum atomic E-state index is 6.19. The van der Waals surface area contributed by atoms with Crippen molar-refractivity contribution < 1.29 is 4.74 Å². The van der Waals surface area contributed by atoms with Crippen LogP contribution in [0.2, 0.25) is 0 Å². The molecule has 4 heteroatoms. The van der Waals surface area contributed by atoms with Gasteiger partial charge in [-0.3, -0.25) is 0 Å². The predicted molar refractivity (Wildman–Crippen MR) is 84.5 cm³/mol. The number of nitrogens with two attached hydrogens (primary N) is 1. The van der Waals surface area contributed by atoms with E-state index in [1.807, 2.05) is 13.0 Å². The molecule has 0 amide bonds. The summed E-state index contributed by atoms with van der Waals surface area (Å²) in [5, 5.41) is 0. The fourth-order valence-corrected chi connectivity index (χ4v) is 3.15. The Morgan fingerprint density at radius 3 is 2.75 bits per heavy atom. The van der Waals surface area contributed by atoms with Crippen LogP contribution in [0.4, 0.5) is 5.69 Å². The lowest BCUT2D eigenvalue weighted by Crippen LogP contribution is -2.38. The summed E-state index contributed by atoms with van der Waals surface area (Å²) in [6.07, 6.45) is 1.18. The van der Waals surface area contributed by atoms with E-state index in [2.05, 4.69) is 35.9 Å². The first kappa shape index (κ1) is 15.1. The summed E-state index contributed by atoms with van der Waals surface area (Å²) in [4.78, 5) is 4.88. The Hall–Kier alpha value is -1.26. The zero-order chi connectivity index (χ0) is 14.7. The van der Waals surface area contributed by atoms with E-state index in [4.69, 9.17) is 10.5 Å². The van der Waals surface area contributed by atoms with E-state index in [9.17, 15) is 0 Å². The number of nitrogens with zero attached hydrogens (tertiary/aromatic N) is 2. The minimum atomic E-state index is -0.0330. The Bertz CT molecular complexity index is 447. The lowest BCUT2D eigenvalue weighted by molar-refractivity contribution is 0.337. The predicted octanol–water partition coefficient (Wildman–Crippen LogP) is 2.25. The van der Waals surface area contributed by atoms with Crippen molar-refractivity contribution in [2.24, 2.45) is 5.73 Å². The lowest BCUT2D eigenvalue weighted by atomic mass is 10.0. The molecule has 0 radical (unpaired) electrons. The van der Waals surface area contributed by atoms with Crippen LogP contribution in [0.25, 0.3) is 0 Å². The molecular weight excluding hydrogens is 250 g/mol. The Labute approximate surface area is 122 Å². The highest BCUT2D eigenvalue weighted by Crippen LogP contribution is 2.35. The first-order valence-electron chi connectivity index (χ1n) is 7.42. The van der Waals surface area contributed by atoms with E-state index in [0.717, 1.165) is 30.9 Å². The Morgan fingerprint density at radius 1 is 1.35 bits per heavy atom. The topological polar surface area (TPSA) is 41.7 Å². The largest absolute Gasteiger partial charge is 0.496 e. The van der Waals surface area contributed by atoms with E-state index in [0.29, 0.717) is 6.04 Å². The molecule has 0 bridgehead atoms. The fraction of sp³-hybridized carbons (Fsp3) is 0.625. The molecule has 1 aliphatic rings. The number of rotatable bonds is 3. The van der Waals surface area contributed by atoms with Crippen LogP contribution in [0.15, 0.2) is 18.2 Å². The first-order chi connectivity index (χ1) is 9.54. The third-order valence-electron chi connectivity index (χ3n) is 4.07. The molecule has 1 aliphatic heterocycles. The van der Waals surface area contributed by atoms with E-state index in [1.54, 1.807) is 7.11 Å². The number of methoxy groups -OCH3 is 1. The number of benzene rings is 1. The molecule has 4 nitrogen and oxygen atoms in total. The molecule has 20 heavy (non-hydrogen) atoms. The minimum Gasteiger partial charge on any atom is -0.496 e. The van der Waals surface area contributed by atoms with E-state index < -0.39 is 0 Å². The molecule has 0 saturated carbocycles. The molecule has 0 spiro atoms. The van der Waals surface area contributed by atoms with Crippen LogP contribution in [0, 0.1) is 0 Å². The van der Waals surface area contributed by atoms with Gasteiger partial charge in [0, 0.05) is 36.4 Å². The smallest absolute Gasteiger partial charge is 0.125 e. The van der Waals surface area contributed by atoms with Crippen LogP contribution in [-0.4, -0.2) is 44.7 Å². The van der Waals surface area contributed by atoms with Crippen LogP contribution in [0.1, 0.15) is 31.9 Å². The SMILES string of the molecule is COc1cccc(N2CCCN(C)CC2C)c1[C@H](C)N. The van der Waals surface area contributed by atoms with Gasteiger partial charge in [0.25, 0.3) is 0 Å². The van der Waals surface area contributed by atoms with Crippen LogP contribution in [0.3, 0.4) is 0 Å². The molecule has 112 valence electrons. The molecule has 1 unspecified atom stereocenters. The zero-order valence-electron chi connectivity index (χ0n) is 13.1. The van der Waals surface area contributed by atoms with Gasteiger partial charge in [0.1, 0.15) is 5.75 Å². The molecule has 2 atom stereocenters. The average Bonchev–Trinajstić information content (AvgIpc) is 2.58. The molecule has 1 aromatic carbocycles. The summed E-state index contributed by atoms with van der Waals surface area (Å²) in [6.45, 7) is 7.61. The van der Waals surface area contributed by atoms with Gasteiger partial charge in [-0.25, -0.2) is 0 Å². The maximum absolute atomic E-state index is 6.19. The molecule has 0 aliphatic carbocycles. The van der Waals surface area contributed by atoms with Crippen molar-refractivity contribution in [3.05, 3.63) is 23.8 Å². The molecule has 1 saturated heterocycles. The van der Waals surface area contributed by atoms with Gasteiger partial charge in [-0.15, -0.1) is 0 Å². The average molecular weight is 277 g/mol. The second-order valence-electron chi connectivity index (χ2n) is 5.84. The van der Waals surface area contributed by atoms with Gasteiger partial charge in [-0.05, 0) is 46.0 Å². The summed E-state index contributed by atoms with van der Waals surface area (Å²) in [5.74, 6) is 0.891. The van der Waals surface area contributed by atoms with Crippen molar-refractivity contribution in [1.82, 2.24) is 4.90 Å². The molecule has 2 rings (SSSR count). The van der Waals surface area contributed by atoms with Crippen molar-refractivity contribution in [1.29, 1.82) is 0 Å². The van der Waals surface area contributed by atoms with E-state index in [1.165, 1.54) is 12.1 Å². The summed E-state index contributed by atoms with van der Waals surface area (Å²) >= 11 is 0. The van der Waals surface area contributed by atoms with Gasteiger partial charge in [-0.1, -0.05) is 6.07 Å². The van der Waals surface area contributed by atoms with Crippen molar-refractivity contribution in [3.8, 4) is 5.75 Å². The van der Waals surface area contributed by atoms with Crippen LogP contribution in [-0.2, 0) is 0 Å². The number of anilines is 1. The molecule has 1 heterocycles. The third-order valence-corrected chi connectivity index (χ3v) is 4.07. The number of hydrogen-bond acceptors (Lipinski definition) is 4. The second-order valence-corrected chi connectivity index (χ2v) is 5.84. The Morgan fingerprint density at radius 2 is 2.10 bits per heavy atom.